The molecule has 0 aliphatic heterocycles. The standard InChI is InChI=1S/C80H156O17P2/c1-8-10-11-12-13-14-15-16-24-27-32-40-47-54-61-77(82)90-67-75(96-79(84)63-56-49-42-33-28-25-22-20-18-17-19-21-23-26-31-39-46-53-60-73(7)9-2)69-94-98(86,87)92-65-74(81)66-93-99(88,89)95-70-76(68-91-78(83)62-55-48-41-36-35-38-45-52-59-72(5)6)97-80(85)64-57-50-43-34-29-30-37-44-51-58-71(3)4/h71-76,81H,8-70H2,1-7H3,(H,86,87)(H,88,89)/t73?,74-,75-,76-/m1/s1. The van der Waals surface area contributed by atoms with E-state index in [1.54, 1.807) is 0 Å². The van der Waals surface area contributed by atoms with Gasteiger partial charge in [-0.05, 0) is 43.4 Å². The molecular weight excluding hydrogens is 1290 g/mol. The molecular formula is C80H156O17P2. The van der Waals surface area contributed by atoms with Gasteiger partial charge in [0.1, 0.15) is 19.3 Å². The summed E-state index contributed by atoms with van der Waals surface area (Å²) in [5.41, 5.74) is 0. The van der Waals surface area contributed by atoms with Gasteiger partial charge in [0.25, 0.3) is 0 Å². The van der Waals surface area contributed by atoms with Crippen molar-refractivity contribution in [1.82, 2.24) is 0 Å². The van der Waals surface area contributed by atoms with Gasteiger partial charge < -0.3 is 33.8 Å². The first-order chi connectivity index (χ1) is 47.8. The lowest BCUT2D eigenvalue weighted by atomic mass is 9.99. The van der Waals surface area contributed by atoms with Gasteiger partial charge in [-0.25, -0.2) is 9.13 Å². The van der Waals surface area contributed by atoms with Crippen LogP contribution in [0.4, 0.5) is 0 Å². The summed E-state index contributed by atoms with van der Waals surface area (Å²) in [5, 5.41) is 10.6. The second-order valence-corrected chi connectivity index (χ2v) is 32.9. The first-order valence-electron chi connectivity index (χ1n) is 41.4. The molecule has 0 aliphatic rings. The molecule has 0 radical (unpaired) electrons. The third kappa shape index (κ3) is 72.8. The molecule has 0 fully saturated rings. The molecule has 0 rings (SSSR count). The fourth-order valence-electron chi connectivity index (χ4n) is 12.3. The van der Waals surface area contributed by atoms with E-state index in [4.69, 9.17) is 37.0 Å². The molecule has 99 heavy (non-hydrogen) atoms. The van der Waals surface area contributed by atoms with Crippen LogP contribution >= 0.6 is 15.6 Å². The highest BCUT2D eigenvalue weighted by atomic mass is 31.2. The summed E-state index contributed by atoms with van der Waals surface area (Å²) in [5.74, 6) is 0.220. The highest BCUT2D eigenvalue weighted by Crippen LogP contribution is 2.45. The normalized spacial score (nSPS) is 14.3. The maximum atomic E-state index is 13.1. The number of phosphoric ester groups is 2. The summed E-state index contributed by atoms with van der Waals surface area (Å²) in [6.45, 7) is 11.9. The van der Waals surface area contributed by atoms with Crippen LogP contribution in [0.2, 0.25) is 0 Å². The molecule has 0 amide bonds. The van der Waals surface area contributed by atoms with Gasteiger partial charge in [-0.1, -0.05) is 363 Å². The van der Waals surface area contributed by atoms with E-state index in [1.807, 2.05) is 0 Å². The minimum absolute atomic E-state index is 0.105. The van der Waals surface area contributed by atoms with Crippen molar-refractivity contribution in [2.24, 2.45) is 17.8 Å². The molecule has 3 N–H and O–H groups in total. The van der Waals surface area contributed by atoms with Crippen molar-refractivity contribution in [2.75, 3.05) is 39.6 Å². The highest BCUT2D eigenvalue weighted by molar-refractivity contribution is 7.47. The number of esters is 4. The number of phosphoric acid groups is 2. The van der Waals surface area contributed by atoms with Crippen molar-refractivity contribution in [3.05, 3.63) is 0 Å². The lowest BCUT2D eigenvalue weighted by Crippen LogP contribution is -2.30. The summed E-state index contributed by atoms with van der Waals surface area (Å²) in [6, 6.07) is 0. The zero-order valence-corrected chi connectivity index (χ0v) is 66.8. The van der Waals surface area contributed by atoms with Crippen molar-refractivity contribution in [1.29, 1.82) is 0 Å². The van der Waals surface area contributed by atoms with Gasteiger partial charge >= 0.3 is 39.5 Å². The number of rotatable bonds is 78. The minimum Gasteiger partial charge on any atom is -0.462 e. The SMILES string of the molecule is CCCCCCCCCCCCCCCCC(=O)OC[C@H](COP(=O)(O)OC[C@@H](O)COP(=O)(O)OC[C@@H](COC(=O)CCCCCCCCCCC(C)C)OC(=O)CCCCCCCCCCCC(C)C)OC(=O)CCCCCCCCCCCCCCCCCCCCC(C)CC. The van der Waals surface area contributed by atoms with Crippen LogP contribution < -0.4 is 0 Å². The number of hydrogen-bond acceptors (Lipinski definition) is 15. The third-order valence-corrected chi connectivity index (χ3v) is 20.9. The van der Waals surface area contributed by atoms with Gasteiger partial charge in [-0.3, -0.25) is 37.3 Å². The van der Waals surface area contributed by atoms with E-state index >= 15 is 0 Å². The van der Waals surface area contributed by atoms with Gasteiger partial charge in [0.2, 0.25) is 0 Å². The number of aliphatic hydroxyl groups excluding tert-OH is 1. The predicted octanol–water partition coefficient (Wildman–Crippen LogP) is 23.7. The van der Waals surface area contributed by atoms with E-state index in [0.29, 0.717) is 25.7 Å². The van der Waals surface area contributed by atoms with Crippen molar-refractivity contribution in [2.45, 2.75) is 433 Å². The highest BCUT2D eigenvalue weighted by Gasteiger charge is 2.30. The number of aliphatic hydroxyl groups is 1. The first kappa shape index (κ1) is 97.1. The van der Waals surface area contributed by atoms with Gasteiger partial charge in [0.15, 0.2) is 12.2 Å². The van der Waals surface area contributed by atoms with Gasteiger partial charge in [0, 0.05) is 25.7 Å². The summed E-state index contributed by atoms with van der Waals surface area (Å²) in [4.78, 5) is 72.9. The number of unbranched alkanes of at least 4 members (excludes halogenated alkanes) is 45. The lowest BCUT2D eigenvalue weighted by Gasteiger charge is -2.21. The number of hydrogen-bond donors (Lipinski definition) is 3. The molecule has 0 bridgehead atoms. The van der Waals surface area contributed by atoms with Crippen LogP contribution in [0.1, 0.15) is 414 Å². The average molecular weight is 1450 g/mol. The van der Waals surface area contributed by atoms with Crippen LogP contribution in [0.3, 0.4) is 0 Å². The van der Waals surface area contributed by atoms with E-state index in [2.05, 4.69) is 48.5 Å². The maximum absolute atomic E-state index is 13.1. The zero-order valence-electron chi connectivity index (χ0n) is 65.0. The van der Waals surface area contributed by atoms with Crippen LogP contribution in [0.5, 0.6) is 0 Å². The van der Waals surface area contributed by atoms with Gasteiger partial charge in [0.05, 0.1) is 26.4 Å². The molecule has 0 aromatic rings. The zero-order chi connectivity index (χ0) is 73.0. The van der Waals surface area contributed by atoms with Crippen molar-refractivity contribution >= 4 is 39.5 Å². The van der Waals surface area contributed by atoms with Gasteiger partial charge in [-0.2, -0.15) is 0 Å². The van der Waals surface area contributed by atoms with Crippen LogP contribution in [-0.4, -0.2) is 96.7 Å². The summed E-state index contributed by atoms with van der Waals surface area (Å²) in [6.07, 6.45) is 58.3. The van der Waals surface area contributed by atoms with E-state index in [-0.39, 0.29) is 25.7 Å². The first-order valence-corrected chi connectivity index (χ1v) is 44.4. The minimum atomic E-state index is -4.96. The maximum Gasteiger partial charge on any atom is 0.472 e. The quantitative estimate of drug-likeness (QED) is 0.0222. The second kappa shape index (κ2) is 70.4. The van der Waals surface area contributed by atoms with E-state index in [9.17, 15) is 43.2 Å². The fraction of sp³-hybridized carbons (Fsp3) is 0.950. The molecule has 3 unspecified atom stereocenters. The topological polar surface area (TPSA) is 237 Å². The molecule has 0 spiro atoms. The molecule has 588 valence electrons. The van der Waals surface area contributed by atoms with Crippen molar-refractivity contribution in [3.8, 4) is 0 Å². The second-order valence-electron chi connectivity index (χ2n) is 30.0. The van der Waals surface area contributed by atoms with Crippen molar-refractivity contribution in [3.63, 3.8) is 0 Å². The van der Waals surface area contributed by atoms with E-state index in [0.717, 1.165) is 108 Å². The Morgan fingerprint density at radius 1 is 0.293 bits per heavy atom. The average Bonchev–Trinajstić information content (AvgIpc) is 1.08. The summed E-state index contributed by atoms with van der Waals surface area (Å²) < 4.78 is 68.6. The largest absolute Gasteiger partial charge is 0.472 e. The van der Waals surface area contributed by atoms with E-state index in [1.165, 1.54) is 225 Å². The molecule has 0 aromatic heterocycles. The summed E-state index contributed by atoms with van der Waals surface area (Å²) in [7, 11) is -9.92. The van der Waals surface area contributed by atoms with Crippen LogP contribution in [-0.2, 0) is 65.4 Å². The Hall–Kier alpha value is -1.94. The molecule has 17 nitrogen and oxygen atoms in total. The Morgan fingerprint density at radius 2 is 0.515 bits per heavy atom. The molecule has 0 saturated carbocycles. The number of ether oxygens (including phenoxy) is 4. The Morgan fingerprint density at radius 3 is 0.768 bits per heavy atom. The number of carbonyl (C=O) groups is 4. The fourth-order valence-corrected chi connectivity index (χ4v) is 13.9. The molecule has 0 saturated heterocycles. The van der Waals surface area contributed by atoms with Crippen molar-refractivity contribution < 1.29 is 80.2 Å². The summed E-state index contributed by atoms with van der Waals surface area (Å²) >= 11 is 0. The van der Waals surface area contributed by atoms with Crippen LogP contribution in [0.15, 0.2) is 0 Å². The Balaban J connectivity index is 5.21. The van der Waals surface area contributed by atoms with E-state index < -0.39 is 97.5 Å². The van der Waals surface area contributed by atoms with Crippen LogP contribution in [0, 0.1) is 17.8 Å². The Bertz CT molecular complexity index is 1920. The molecule has 0 aromatic carbocycles. The third-order valence-electron chi connectivity index (χ3n) is 19.0. The molecule has 0 aliphatic carbocycles. The Labute approximate surface area is 607 Å². The molecule has 6 atom stereocenters. The van der Waals surface area contributed by atoms with Gasteiger partial charge in [-0.15, -0.1) is 0 Å². The Kier molecular flexibility index (Phi) is 69.0. The predicted molar refractivity (Wildman–Crippen MR) is 405 cm³/mol. The monoisotopic (exact) mass is 1450 g/mol. The lowest BCUT2D eigenvalue weighted by molar-refractivity contribution is -0.161. The molecule has 0 heterocycles. The smallest absolute Gasteiger partial charge is 0.462 e. The number of carbonyl (C=O) groups excluding carboxylic acids is 4. The molecule has 19 heteroatoms. The van der Waals surface area contributed by atoms with Crippen LogP contribution in [0.25, 0.3) is 0 Å².